The fourth-order valence-corrected chi connectivity index (χ4v) is 2.92. The summed E-state index contributed by atoms with van der Waals surface area (Å²) in [5.74, 6) is 2.93. The molecule has 7 nitrogen and oxygen atoms in total. The summed E-state index contributed by atoms with van der Waals surface area (Å²) in [6.45, 7) is 3.50. The molecule has 0 N–H and O–H groups in total. The summed E-state index contributed by atoms with van der Waals surface area (Å²) < 4.78 is 16.0. The molecule has 25 heavy (non-hydrogen) atoms. The molecule has 1 atom stereocenters. The molecule has 1 aromatic carbocycles. The van der Waals surface area contributed by atoms with E-state index in [1.54, 1.807) is 0 Å². The lowest BCUT2D eigenvalue weighted by atomic mass is 10.1. The average Bonchev–Trinajstić information content (AvgIpc) is 3.36. The number of rotatable bonds is 6. The molecule has 2 aromatic heterocycles. The normalized spacial score (nSPS) is 17.2. The summed E-state index contributed by atoms with van der Waals surface area (Å²) in [4.78, 5) is 8.92. The second kappa shape index (κ2) is 7.14. The van der Waals surface area contributed by atoms with Crippen LogP contribution in [0.5, 0.6) is 0 Å². The second-order valence-electron chi connectivity index (χ2n) is 6.34. The first kappa shape index (κ1) is 16.0. The standard InChI is InChI=1S/C18H20N4O3/c1-12-4-2-5-13(10-12)17-19-15(24-21-17)6-3-7-16-20-18(22-25-16)14-8-9-23-11-14/h2,4-5,10,14H,3,6-9,11H2,1H3/t14-/m1/s1. The van der Waals surface area contributed by atoms with Gasteiger partial charge in [0, 0.05) is 30.9 Å². The van der Waals surface area contributed by atoms with E-state index >= 15 is 0 Å². The van der Waals surface area contributed by atoms with Crippen molar-refractivity contribution in [3.05, 3.63) is 47.4 Å². The Labute approximate surface area is 145 Å². The maximum Gasteiger partial charge on any atom is 0.226 e. The van der Waals surface area contributed by atoms with Gasteiger partial charge in [-0.2, -0.15) is 9.97 Å². The summed E-state index contributed by atoms with van der Waals surface area (Å²) in [6.07, 6.45) is 3.16. The Morgan fingerprint density at radius 1 is 1.08 bits per heavy atom. The molecule has 1 aliphatic rings. The van der Waals surface area contributed by atoms with Crippen molar-refractivity contribution in [2.75, 3.05) is 13.2 Å². The van der Waals surface area contributed by atoms with Crippen molar-refractivity contribution in [3.8, 4) is 11.4 Å². The molecule has 0 radical (unpaired) electrons. The van der Waals surface area contributed by atoms with Gasteiger partial charge in [-0.05, 0) is 25.8 Å². The molecule has 0 aliphatic carbocycles. The largest absolute Gasteiger partial charge is 0.381 e. The zero-order valence-electron chi connectivity index (χ0n) is 14.1. The molecule has 0 amide bonds. The van der Waals surface area contributed by atoms with Crippen molar-refractivity contribution >= 4 is 0 Å². The van der Waals surface area contributed by atoms with Crippen LogP contribution in [0.3, 0.4) is 0 Å². The highest BCUT2D eigenvalue weighted by molar-refractivity contribution is 5.55. The minimum Gasteiger partial charge on any atom is -0.381 e. The van der Waals surface area contributed by atoms with Crippen LogP contribution < -0.4 is 0 Å². The van der Waals surface area contributed by atoms with E-state index in [9.17, 15) is 0 Å². The molecule has 0 bridgehead atoms. The van der Waals surface area contributed by atoms with Gasteiger partial charge in [-0.25, -0.2) is 0 Å². The topological polar surface area (TPSA) is 87.1 Å². The molecule has 0 saturated carbocycles. The van der Waals surface area contributed by atoms with Gasteiger partial charge >= 0.3 is 0 Å². The number of aryl methyl sites for hydroxylation is 3. The lowest BCUT2D eigenvalue weighted by Gasteiger charge is -1.97. The first-order chi connectivity index (χ1) is 12.3. The molecule has 130 valence electrons. The summed E-state index contributed by atoms with van der Waals surface area (Å²) in [5.41, 5.74) is 2.14. The molecule has 0 unspecified atom stereocenters. The van der Waals surface area contributed by atoms with Gasteiger partial charge in [0.15, 0.2) is 5.82 Å². The molecule has 1 saturated heterocycles. The Balaban J connectivity index is 1.32. The van der Waals surface area contributed by atoms with Gasteiger partial charge in [0.25, 0.3) is 0 Å². The summed E-state index contributed by atoms with van der Waals surface area (Å²) in [5, 5.41) is 8.12. The van der Waals surface area contributed by atoms with Crippen LogP contribution in [0.4, 0.5) is 0 Å². The predicted molar refractivity (Wildman–Crippen MR) is 89.0 cm³/mol. The van der Waals surface area contributed by atoms with Crippen molar-refractivity contribution in [2.45, 2.75) is 38.5 Å². The Kier molecular flexibility index (Phi) is 4.56. The number of ether oxygens (including phenoxy) is 1. The van der Waals surface area contributed by atoms with E-state index in [4.69, 9.17) is 13.8 Å². The minimum absolute atomic E-state index is 0.269. The molecule has 1 fully saturated rings. The van der Waals surface area contributed by atoms with Crippen LogP contribution in [0.2, 0.25) is 0 Å². The van der Waals surface area contributed by atoms with Gasteiger partial charge in [-0.15, -0.1) is 0 Å². The third kappa shape index (κ3) is 3.76. The molecule has 3 heterocycles. The highest BCUT2D eigenvalue weighted by Crippen LogP contribution is 2.23. The van der Waals surface area contributed by atoms with E-state index in [-0.39, 0.29) is 5.92 Å². The van der Waals surface area contributed by atoms with E-state index in [0.717, 1.165) is 30.8 Å². The van der Waals surface area contributed by atoms with Crippen LogP contribution in [-0.2, 0) is 17.6 Å². The maximum absolute atomic E-state index is 5.36. The van der Waals surface area contributed by atoms with Crippen molar-refractivity contribution in [1.29, 1.82) is 0 Å². The first-order valence-corrected chi connectivity index (χ1v) is 8.58. The van der Waals surface area contributed by atoms with Gasteiger partial charge in [0.2, 0.25) is 17.6 Å². The van der Waals surface area contributed by atoms with Crippen LogP contribution in [0.25, 0.3) is 11.4 Å². The van der Waals surface area contributed by atoms with Gasteiger partial charge in [-0.3, -0.25) is 0 Å². The predicted octanol–water partition coefficient (Wildman–Crippen LogP) is 3.11. The number of nitrogens with zero attached hydrogens (tertiary/aromatic N) is 4. The molecule has 4 rings (SSSR count). The van der Waals surface area contributed by atoms with E-state index in [1.165, 1.54) is 5.56 Å². The maximum atomic E-state index is 5.36. The minimum atomic E-state index is 0.269. The van der Waals surface area contributed by atoms with Gasteiger partial charge < -0.3 is 13.8 Å². The SMILES string of the molecule is Cc1cccc(-c2noc(CCCc3nc([C@@H]4CCOC4)no3)n2)c1. The van der Waals surface area contributed by atoms with Crippen molar-refractivity contribution in [1.82, 2.24) is 20.3 Å². The molecule has 1 aliphatic heterocycles. The van der Waals surface area contributed by atoms with Gasteiger partial charge in [0.05, 0.1) is 6.61 Å². The Morgan fingerprint density at radius 3 is 2.72 bits per heavy atom. The van der Waals surface area contributed by atoms with E-state index < -0.39 is 0 Å². The van der Waals surface area contributed by atoms with E-state index in [1.807, 2.05) is 31.2 Å². The number of benzene rings is 1. The number of aromatic nitrogens is 4. The molecule has 7 heteroatoms. The highest BCUT2D eigenvalue weighted by atomic mass is 16.5. The lowest BCUT2D eigenvalue weighted by molar-refractivity contribution is 0.192. The van der Waals surface area contributed by atoms with Crippen LogP contribution in [0.1, 0.15) is 41.9 Å². The lowest BCUT2D eigenvalue weighted by Crippen LogP contribution is -2.00. The summed E-state index contributed by atoms with van der Waals surface area (Å²) >= 11 is 0. The van der Waals surface area contributed by atoms with Crippen LogP contribution in [-0.4, -0.2) is 33.5 Å². The van der Waals surface area contributed by atoms with Crippen LogP contribution in [0.15, 0.2) is 33.3 Å². The van der Waals surface area contributed by atoms with Crippen molar-refractivity contribution in [3.63, 3.8) is 0 Å². The Hall–Kier alpha value is -2.54. The van der Waals surface area contributed by atoms with Crippen LogP contribution >= 0.6 is 0 Å². The average molecular weight is 340 g/mol. The zero-order valence-corrected chi connectivity index (χ0v) is 14.1. The van der Waals surface area contributed by atoms with Crippen molar-refractivity contribution < 1.29 is 13.8 Å². The number of hydrogen-bond acceptors (Lipinski definition) is 7. The highest BCUT2D eigenvalue weighted by Gasteiger charge is 2.23. The zero-order chi connectivity index (χ0) is 17.1. The quantitative estimate of drug-likeness (QED) is 0.681. The smallest absolute Gasteiger partial charge is 0.226 e. The molecular weight excluding hydrogens is 320 g/mol. The number of hydrogen-bond donors (Lipinski definition) is 0. The Morgan fingerprint density at radius 2 is 1.92 bits per heavy atom. The summed E-state index contributed by atoms with van der Waals surface area (Å²) in [6, 6.07) is 8.06. The fraction of sp³-hybridized carbons (Fsp3) is 0.444. The summed E-state index contributed by atoms with van der Waals surface area (Å²) in [7, 11) is 0. The first-order valence-electron chi connectivity index (χ1n) is 8.58. The molecule has 0 spiro atoms. The van der Waals surface area contributed by atoms with Crippen LogP contribution in [0, 0.1) is 6.92 Å². The Bertz CT molecular complexity index is 836. The van der Waals surface area contributed by atoms with E-state index in [0.29, 0.717) is 37.1 Å². The second-order valence-corrected chi connectivity index (χ2v) is 6.34. The van der Waals surface area contributed by atoms with E-state index in [2.05, 4.69) is 20.3 Å². The fourth-order valence-electron chi connectivity index (χ4n) is 2.92. The van der Waals surface area contributed by atoms with Gasteiger partial charge in [-0.1, -0.05) is 34.1 Å². The monoisotopic (exact) mass is 340 g/mol. The third-order valence-electron chi connectivity index (χ3n) is 4.30. The molecular formula is C18H20N4O3. The molecule has 3 aromatic rings. The van der Waals surface area contributed by atoms with Gasteiger partial charge in [0.1, 0.15) is 0 Å². The third-order valence-corrected chi connectivity index (χ3v) is 4.30. The van der Waals surface area contributed by atoms with Crippen molar-refractivity contribution in [2.24, 2.45) is 0 Å².